The zero-order valence-electron chi connectivity index (χ0n) is 17.3. The number of rotatable bonds is 6. The summed E-state index contributed by atoms with van der Waals surface area (Å²) < 4.78 is 1.73. The molecule has 2 aromatic heterocycles. The second-order valence-corrected chi connectivity index (χ2v) is 8.90. The summed E-state index contributed by atoms with van der Waals surface area (Å²) in [6.45, 7) is 4.36. The number of carbonyl (C=O) groups is 1. The minimum absolute atomic E-state index is 0.0101. The molecule has 2 aliphatic carbocycles. The highest BCUT2D eigenvalue weighted by molar-refractivity contribution is 6.28. The molecule has 0 radical (unpaired) electrons. The average Bonchev–Trinajstić information content (AvgIpc) is 3.29. The molecule has 1 aromatic carbocycles. The first kappa shape index (κ1) is 20.4. The van der Waals surface area contributed by atoms with E-state index < -0.39 is 23.7 Å². The number of aliphatic hydroxyl groups is 2. The number of hydrogen-bond donors (Lipinski definition) is 3. The van der Waals surface area contributed by atoms with Crippen LogP contribution < -0.4 is 5.32 Å². The summed E-state index contributed by atoms with van der Waals surface area (Å²) in [5.41, 5.74) is 2.39. The fraction of sp³-hybridized carbons (Fsp3) is 0.455. The van der Waals surface area contributed by atoms with Gasteiger partial charge in [0.2, 0.25) is 5.28 Å². The molecule has 2 aliphatic rings. The van der Waals surface area contributed by atoms with E-state index in [0.717, 1.165) is 11.1 Å². The Morgan fingerprint density at radius 3 is 2.90 bits per heavy atom. The predicted molar refractivity (Wildman–Crippen MR) is 116 cm³/mol. The van der Waals surface area contributed by atoms with Crippen molar-refractivity contribution in [3.63, 3.8) is 0 Å². The molecule has 2 saturated carbocycles. The largest absolute Gasteiger partial charge is 0.389 e. The first-order chi connectivity index (χ1) is 14.9. The van der Waals surface area contributed by atoms with Gasteiger partial charge in [-0.1, -0.05) is 36.8 Å². The fourth-order valence-corrected chi connectivity index (χ4v) is 5.38. The van der Waals surface area contributed by atoms with Crippen molar-refractivity contribution in [1.29, 1.82) is 0 Å². The lowest BCUT2D eigenvalue weighted by Gasteiger charge is -2.23. The normalized spacial score (nSPS) is 29.2. The summed E-state index contributed by atoms with van der Waals surface area (Å²) in [5.74, 6) is 0.332. The van der Waals surface area contributed by atoms with Crippen LogP contribution in [0.1, 0.15) is 36.9 Å². The van der Waals surface area contributed by atoms with E-state index in [-0.39, 0.29) is 17.0 Å². The molecule has 162 valence electrons. The van der Waals surface area contributed by atoms with Gasteiger partial charge in [0.15, 0.2) is 17.0 Å². The smallest absolute Gasteiger partial charge is 0.226 e. The van der Waals surface area contributed by atoms with E-state index >= 15 is 0 Å². The van der Waals surface area contributed by atoms with Gasteiger partial charge in [0.1, 0.15) is 11.9 Å². The number of carbonyl (C=O) groups excluding carboxylic acids is 1. The van der Waals surface area contributed by atoms with Crippen LogP contribution in [0.3, 0.4) is 0 Å². The van der Waals surface area contributed by atoms with Crippen LogP contribution in [0.5, 0.6) is 0 Å². The number of halogens is 1. The maximum absolute atomic E-state index is 12.5. The lowest BCUT2D eigenvalue weighted by atomic mass is 9.92. The van der Waals surface area contributed by atoms with Crippen LogP contribution in [0.4, 0.5) is 5.82 Å². The zero-order valence-corrected chi connectivity index (χ0v) is 18.0. The third kappa shape index (κ3) is 3.04. The van der Waals surface area contributed by atoms with Crippen LogP contribution in [0.25, 0.3) is 11.2 Å². The second kappa shape index (κ2) is 7.25. The van der Waals surface area contributed by atoms with Crippen LogP contribution in [-0.4, -0.2) is 47.7 Å². The standard InChI is InChI=1S/C22H24ClN5O3/c1-3-14(29)22-8-13(22)16(17(30)18(22)31)28-10-25-15-19(26-21(23)27-20(15)28)24-9-12-6-4-5-11(2)7-12/h4-7,10,13,16-18,30-31H,3,8-9H2,1-2H3,(H,24,26,27)/t13?,16-,17?,18-,22-/m1/s1. The number of aromatic nitrogens is 4. The molecule has 9 heteroatoms. The Morgan fingerprint density at radius 1 is 1.35 bits per heavy atom. The summed E-state index contributed by atoms with van der Waals surface area (Å²) in [7, 11) is 0. The van der Waals surface area contributed by atoms with E-state index in [1.165, 1.54) is 0 Å². The number of ketones is 1. The number of Topliss-reactive ketones (excluding diaryl/α,β-unsaturated/α-hetero) is 1. The highest BCUT2D eigenvalue weighted by Gasteiger charge is 2.74. The topological polar surface area (TPSA) is 113 Å². The third-order valence-corrected chi connectivity index (χ3v) is 6.94. The number of aliphatic hydroxyl groups excluding tert-OH is 2. The molecule has 0 spiro atoms. The summed E-state index contributed by atoms with van der Waals surface area (Å²) in [6.07, 6.45) is 0.296. The molecule has 0 bridgehead atoms. The summed E-state index contributed by atoms with van der Waals surface area (Å²) in [6, 6.07) is 7.64. The molecular formula is C22H24ClN5O3. The lowest BCUT2D eigenvalue weighted by Crippen LogP contribution is -2.37. The summed E-state index contributed by atoms with van der Waals surface area (Å²) in [5, 5.41) is 24.8. The molecule has 2 fully saturated rings. The molecular weight excluding hydrogens is 418 g/mol. The minimum atomic E-state index is -1.09. The van der Waals surface area contributed by atoms with Gasteiger partial charge in [-0.05, 0) is 36.4 Å². The second-order valence-electron chi connectivity index (χ2n) is 8.56. The van der Waals surface area contributed by atoms with E-state index in [4.69, 9.17) is 11.6 Å². The van der Waals surface area contributed by atoms with Gasteiger partial charge < -0.3 is 20.1 Å². The molecule has 3 N–H and O–H groups in total. The monoisotopic (exact) mass is 441 g/mol. The van der Waals surface area contributed by atoms with E-state index in [0.29, 0.717) is 36.4 Å². The molecule has 0 amide bonds. The molecule has 3 aromatic rings. The van der Waals surface area contributed by atoms with Crippen LogP contribution in [0.15, 0.2) is 30.6 Å². The number of nitrogens with one attached hydrogen (secondary N) is 1. The number of hydrogen-bond acceptors (Lipinski definition) is 7. The van der Waals surface area contributed by atoms with Crippen molar-refractivity contribution in [3.05, 3.63) is 47.0 Å². The van der Waals surface area contributed by atoms with Gasteiger partial charge in [0.25, 0.3) is 0 Å². The molecule has 8 nitrogen and oxygen atoms in total. The van der Waals surface area contributed by atoms with Crippen LogP contribution in [0, 0.1) is 18.3 Å². The van der Waals surface area contributed by atoms with Crippen molar-refractivity contribution < 1.29 is 15.0 Å². The van der Waals surface area contributed by atoms with E-state index in [1.54, 1.807) is 17.8 Å². The minimum Gasteiger partial charge on any atom is -0.389 e. The number of fused-ring (bicyclic) bond motifs is 2. The van der Waals surface area contributed by atoms with E-state index in [9.17, 15) is 15.0 Å². The van der Waals surface area contributed by atoms with Crippen molar-refractivity contribution in [3.8, 4) is 0 Å². The summed E-state index contributed by atoms with van der Waals surface area (Å²) in [4.78, 5) is 25.6. The zero-order chi connectivity index (χ0) is 21.9. The van der Waals surface area contributed by atoms with Crippen molar-refractivity contribution >= 4 is 34.4 Å². The van der Waals surface area contributed by atoms with E-state index in [1.807, 2.05) is 25.1 Å². The number of aryl methyl sites for hydroxylation is 1. The van der Waals surface area contributed by atoms with Crippen molar-refractivity contribution in [2.45, 2.75) is 51.5 Å². The first-order valence-corrected chi connectivity index (χ1v) is 10.8. The lowest BCUT2D eigenvalue weighted by molar-refractivity contribution is -0.130. The molecule has 5 rings (SSSR count). The molecule has 2 heterocycles. The van der Waals surface area contributed by atoms with Gasteiger partial charge in [0, 0.05) is 13.0 Å². The molecule has 0 aliphatic heterocycles. The predicted octanol–water partition coefficient (Wildman–Crippen LogP) is 2.66. The third-order valence-electron chi connectivity index (χ3n) is 6.77. The molecule has 5 atom stereocenters. The van der Waals surface area contributed by atoms with Crippen molar-refractivity contribution in [2.75, 3.05) is 5.32 Å². The maximum Gasteiger partial charge on any atom is 0.226 e. The SMILES string of the molecule is CCC(=O)[C@@]12CC1[C@@H](n1cnc3c(NCc4cccc(C)c4)nc(Cl)nc31)C(O)[C@H]2O. The highest BCUT2D eigenvalue weighted by Crippen LogP contribution is 2.68. The van der Waals surface area contributed by atoms with Gasteiger partial charge in [0.05, 0.1) is 23.9 Å². The van der Waals surface area contributed by atoms with Crippen LogP contribution >= 0.6 is 11.6 Å². The Morgan fingerprint density at radius 2 is 2.16 bits per heavy atom. The number of imidazole rings is 1. The van der Waals surface area contributed by atoms with Crippen molar-refractivity contribution in [1.82, 2.24) is 19.5 Å². The Labute approximate surface area is 184 Å². The van der Waals surface area contributed by atoms with Gasteiger partial charge >= 0.3 is 0 Å². The number of nitrogens with zero attached hydrogens (tertiary/aromatic N) is 4. The number of benzene rings is 1. The van der Waals surface area contributed by atoms with Gasteiger partial charge in [-0.3, -0.25) is 4.79 Å². The molecule has 2 unspecified atom stereocenters. The molecule has 31 heavy (non-hydrogen) atoms. The van der Waals surface area contributed by atoms with Gasteiger partial charge in [-0.25, -0.2) is 4.98 Å². The average molecular weight is 442 g/mol. The fourth-order valence-electron chi connectivity index (χ4n) is 5.21. The van der Waals surface area contributed by atoms with E-state index in [2.05, 4.69) is 26.3 Å². The quantitative estimate of drug-likeness (QED) is 0.504. The Kier molecular flexibility index (Phi) is 4.76. The highest BCUT2D eigenvalue weighted by atomic mass is 35.5. The van der Waals surface area contributed by atoms with Crippen LogP contribution in [-0.2, 0) is 11.3 Å². The van der Waals surface area contributed by atoms with Gasteiger partial charge in [-0.15, -0.1) is 0 Å². The Hall–Kier alpha value is -2.55. The molecule has 0 saturated heterocycles. The number of anilines is 1. The van der Waals surface area contributed by atoms with Gasteiger partial charge in [-0.2, -0.15) is 9.97 Å². The Balaban J connectivity index is 1.49. The summed E-state index contributed by atoms with van der Waals surface area (Å²) >= 11 is 6.21. The maximum atomic E-state index is 12.5. The van der Waals surface area contributed by atoms with Crippen molar-refractivity contribution in [2.24, 2.45) is 11.3 Å². The first-order valence-electron chi connectivity index (χ1n) is 10.5. The Bertz CT molecular complexity index is 1180. The van der Waals surface area contributed by atoms with Crippen LogP contribution in [0.2, 0.25) is 5.28 Å².